The molecule has 2 N–H and O–H groups in total. The van der Waals surface area contributed by atoms with Crippen LogP contribution in [-0.4, -0.2) is 38.9 Å². The van der Waals surface area contributed by atoms with E-state index in [1.807, 2.05) is 0 Å². The molecule has 1 heterocycles. The van der Waals surface area contributed by atoms with Gasteiger partial charge in [0.1, 0.15) is 4.90 Å². The number of halogens is 1. The SMILES string of the molecule is O=S(=O)(N[C@@H]1C[C@@H](O)C12CCOCC2)c1ccccc1Cl. The minimum atomic E-state index is -3.68. The van der Waals surface area contributed by atoms with Crippen molar-refractivity contribution in [1.29, 1.82) is 0 Å². The van der Waals surface area contributed by atoms with E-state index in [9.17, 15) is 13.5 Å². The quantitative estimate of drug-likeness (QED) is 0.881. The van der Waals surface area contributed by atoms with Gasteiger partial charge in [-0.05, 0) is 31.4 Å². The minimum absolute atomic E-state index is 0.0789. The highest BCUT2D eigenvalue weighted by molar-refractivity contribution is 7.89. The molecular weight excluding hydrogens is 314 g/mol. The van der Waals surface area contributed by atoms with Gasteiger partial charge in [0.05, 0.1) is 11.1 Å². The van der Waals surface area contributed by atoms with Crippen molar-refractivity contribution in [3.8, 4) is 0 Å². The third kappa shape index (κ3) is 2.59. The van der Waals surface area contributed by atoms with Gasteiger partial charge in [-0.15, -0.1) is 0 Å². The van der Waals surface area contributed by atoms with Gasteiger partial charge in [0.15, 0.2) is 0 Å². The molecule has 1 aliphatic carbocycles. The molecule has 0 unspecified atom stereocenters. The Morgan fingerprint density at radius 2 is 1.95 bits per heavy atom. The summed E-state index contributed by atoms with van der Waals surface area (Å²) in [5.74, 6) is 0. The zero-order valence-corrected chi connectivity index (χ0v) is 13.0. The molecule has 1 aromatic rings. The number of hydrogen-bond acceptors (Lipinski definition) is 4. The second-order valence-electron chi connectivity index (χ2n) is 5.70. The second-order valence-corrected chi connectivity index (χ2v) is 7.79. The lowest BCUT2D eigenvalue weighted by Gasteiger charge is -2.55. The number of aliphatic hydroxyl groups is 1. The monoisotopic (exact) mass is 331 g/mol. The van der Waals surface area contributed by atoms with E-state index in [0.29, 0.717) is 32.5 Å². The molecule has 2 atom stereocenters. The van der Waals surface area contributed by atoms with Gasteiger partial charge >= 0.3 is 0 Å². The van der Waals surface area contributed by atoms with Crippen molar-refractivity contribution < 1.29 is 18.3 Å². The molecule has 1 saturated carbocycles. The van der Waals surface area contributed by atoms with E-state index >= 15 is 0 Å². The summed E-state index contributed by atoms with van der Waals surface area (Å²) in [6.07, 6.45) is 1.30. The van der Waals surface area contributed by atoms with Gasteiger partial charge in [0.2, 0.25) is 10.0 Å². The Morgan fingerprint density at radius 3 is 2.57 bits per heavy atom. The molecule has 21 heavy (non-hydrogen) atoms. The largest absolute Gasteiger partial charge is 0.392 e. The fourth-order valence-corrected chi connectivity index (χ4v) is 5.13. The summed E-state index contributed by atoms with van der Waals surface area (Å²) >= 11 is 5.97. The lowest BCUT2D eigenvalue weighted by Crippen LogP contribution is -2.65. The van der Waals surface area contributed by atoms with Gasteiger partial charge in [-0.3, -0.25) is 0 Å². The number of nitrogens with one attached hydrogen (secondary N) is 1. The van der Waals surface area contributed by atoms with E-state index in [2.05, 4.69) is 4.72 Å². The van der Waals surface area contributed by atoms with Crippen LogP contribution in [0.2, 0.25) is 5.02 Å². The predicted molar refractivity (Wildman–Crippen MR) is 78.7 cm³/mol. The highest BCUT2D eigenvalue weighted by atomic mass is 35.5. The topological polar surface area (TPSA) is 75.6 Å². The van der Waals surface area contributed by atoms with Crippen LogP contribution in [-0.2, 0) is 14.8 Å². The highest BCUT2D eigenvalue weighted by Gasteiger charge is 2.56. The van der Waals surface area contributed by atoms with Gasteiger partial charge in [0, 0.05) is 24.7 Å². The molecule has 2 fully saturated rings. The smallest absolute Gasteiger partial charge is 0.242 e. The molecule has 5 nitrogen and oxygen atoms in total. The van der Waals surface area contributed by atoms with E-state index in [1.165, 1.54) is 6.07 Å². The number of rotatable bonds is 3. The predicted octanol–water partition coefficient (Wildman–Crippen LogP) is 1.55. The van der Waals surface area contributed by atoms with Crippen LogP contribution in [0.25, 0.3) is 0 Å². The van der Waals surface area contributed by atoms with E-state index < -0.39 is 21.5 Å². The standard InChI is InChI=1S/C14H18ClNO4S/c15-10-3-1-2-4-11(10)21(18,19)16-12-9-13(17)14(12)5-7-20-8-6-14/h1-4,12-13,16-17H,5-9H2/t12-,13-/m1/s1. The van der Waals surface area contributed by atoms with E-state index in [-0.39, 0.29) is 16.0 Å². The number of sulfonamides is 1. The molecule has 0 aromatic heterocycles. The van der Waals surface area contributed by atoms with Gasteiger partial charge in [-0.2, -0.15) is 0 Å². The average molecular weight is 332 g/mol. The maximum Gasteiger partial charge on any atom is 0.242 e. The first kappa shape index (κ1) is 15.2. The lowest BCUT2D eigenvalue weighted by atomic mass is 9.58. The Morgan fingerprint density at radius 1 is 1.29 bits per heavy atom. The van der Waals surface area contributed by atoms with Gasteiger partial charge in [-0.1, -0.05) is 23.7 Å². The van der Waals surface area contributed by atoms with Crippen molar-refractivity contribution in [2.24, 2.45) is 5.41 Å². The van der Waals surface area contributed by atoms with Gasteiger partial charge < -0.3 is 9.84 Å². The first-order valence-electron chi connectivity index (χ1n) is 6.98. The lowest BCUT2D eigenvalue weighted by molar-refractivity contribution is -0.143. The third-order valence-electron chi connectivity index (χ3n) is 4.66. The summed E-state index contributed by atoms with van der Waals surface area (Å²) in [7, 11) is -3.68. The van der Waals surface area contributed by atoms with Crippen molar-refractivity contribution >= 4 is 21.6 Å². The Bertz CT molecular complexity index is 628. The van der Waals surface area contributed by atoms with Crippen molar-refractivity contribution in [3.63, 3.8) is 0 Å². The third-order valence-corrected chi connectivity index (χ3v) is 6.64. The van der Waals surface area contributed by atoms with E-state index in [4.69, 9.17) is 16.3 Å². The van der Waals surface area contributed by atoms with Gasteiger partial charge in [-0.25, -0.2) is 13.1 Å². The molecule has 7 heteroatoms. The average Bonchev–Trinajstić information content (AvgIpc) is 2.48. The fourth-order valence-electron chi connectivity index (χ4n) is 3.28. The molecule has 116 valence electrons. The van der Waals surface area contributed by atoms with Gasteiger partial charge in [0.25, 0.3) is 0 Å². The molecule has 0 bridgehead atoms. The molecular formula is C14H18ClNO4S. The van der Waals surface area contributed by atoms with Crippen LogP contribution >= 0.6 is 11.6 Å². The zero-order chi connectivity index (χ0) is 15.1. The van der Waals surface area contributed by atoms with Crippen LogP contribution in [0.1, 0.15) is 19.3 Å². The number of aliphatic hydroxyl groups excluding tert-OH is 1. The second kappa shape index (κ2) is 5.52. The zero-order valence-electron chi connectivity index (χ0n) is 11.5. The Balaban J connectivity index is 1.82. The summed E-state index contributed by atoms with van der Waals surface area (Å²) in [5, 5.41) is 10.3. The molecule has 1 aliphatic heterocycles. The molecule has 2 aliphatic rings. The van der Waals surface area contributed by atoms with Crippen LogP contribution in [0.3, 0.4) is 0 Å². The highest BCUT2D eigenvalue weighted by Crippen LogP contribution is 2.49. The Hall–Kier alpha value is -0.660. The first-order chi connectivity index (χ1) is 9.96. The molecule has 1 spiro atoms. The molecule has 0 radical (unpaired) electrons. The van der Waals surface area contributed by atoms with Crippen LogP contribution < -0.4 is 4.72 Å². The maximum absolute atomic E-state index is 12.5. The van der Waals surface area contributed by atoms with Crippen molar-refractivity contribution in [2.75, 3.05) is 13.2 Å². The van der Waals surface area contributed by atoms with E-state index in [0.717, 1.165) is 0 Å². The van der Waals surface area contributed by atoms with Crippen LogP contribution in [0, 0.1) is 5.41 Å². The fraction of sp³-hybridized carbons (Fsp3) is 0.571. The van der Waals surface area contributed by atoms with Crippen LogP contribution in [0.15, 0.2) is 29.2 Å². The van der Waals surface area contributed by atoms with E-state index in [1.54, 1.807) is 18.2 Å². The normalized spacial score (nSPS) is 28.3. The number of hydrogen-bond donors (Lipinski definition) is 2. The number of benzene rings is 1. The maximum atomic E-state index is 12.5. The summed E-state index contributed by atoms with van der Waals surface area (Å²) in [6, 6.07) is 6.10. The number of ether oxygens (including phenoxy) is 1. The summed E-state index contributed by atoms with van der Waals surface area (Å²) < 4.78 is 33.0. The molecule has 1 saturated heterocycles. The molecule has 1 aromatic carbocycles. The van der Waals surface area contributed by atoms with Crippen LogP contribution in [0.5, 0.6) is 0 Å². The van der Waals surface area contributed by atoms with Crippen LogP contribution in [0.4, 0.5) is 0 Å². The summed E-state index contributed by atoms with van der Waals surface area (Å²) in [6.45, 7) is 1.11. The summed E-state index contributed by atoms with van der Waals surface area (Å²) in [4.78, 5) is 0.0789. The van der Waals surface area contributed by atoms with Crippen molar-refractivity contribution in [2.45, 2.75) is 36.3 Å². The van der Waals surface area contributed by atoms with Crippen molar-refractivity contribution in [1.82, 2.24) is 4.72 Å². The molecule has 0 amide bonds. The Kier molecular flexibility index (Phi) is 4.00. The Labute approximate surface area is 129 Å². The summed E-state index contributed by atoms with van der Waals surface area (Å²) in [5.41, 5.74) is -0.396. The molecule has 3 rings (SSSR count). The minimum Gasteiger partial charge on any atom is -0.392 e. The van der Waals surface area contributed by atoms with Crippen molar-refractivity contribution in [3.05, 3.63) is 29.3 Å². The first-order valence-corrected chi connectivity index (χ1v) is 8.84.